The summed E-state index contributed by atoms with van der Waals surface area (Å²) in [5.74, 6) is 0.994. The van der Waals surface area contributed by atoms with Crippen molar-refractivity contribution in [1.29, 1.82) is 0 Å². The minimum absolute atomic E-state index is 0.342. The van der Waals surface area contributed by atoms with Crippen molar-refractivity contribution in [2.24, 2.45) is 0 Å². The summed E-state index contributed by atoms with van der Waals surface area (Å²) in [6.07, 6.45) is 1.45. The molecule has 0 saturated carbocycles. The van der Waals surface area contributed by atoms with Crippen molar-refractivity contribution in [1.82, 2.24) is 10.2 Å². The van der Waals surface area contributed by atoms with Gasteiger partial charge in [-0.1, -0.05) is 12.1 Å². The molecule has 3 nitrogen and oxygen atoms in total. The second kappa shape index (κ2) is 5.32. The van der Waals surface area contributed by atoms with Gasteiger partial charge in [-0.25, -0.2) is 0 Å². The average molecular weight is 220 g/mol. The van der Waals surface area contributed by atoms with E-state index in [0.29, 0.717) is 6.10 Å². The normalized spacial score (nSPS) is 20.3. The summed E-state index contributed by atoms with van der Waals surface area (Å²) in [5.41, 5.74) is 1.30. The van der Waals surface area contributed by atoms with Gasteiger partial charge >= 0.3 is 0 Å². The van der Waals surface area contributed by atoms with Crippen LogP contribution < -0.4 is 10.1 Å². The highest BCUT2D eigenvalue weighted by Crippen LogP contribution is 2.17. The minimum atomic E-state index is 0.342. The lowest BCUT2D eigenvalue weighted by atomic mass is 10.2. The molecule has 0 radical (unpaired) electrons. The first-order chi connectivity index (χ1) is 7.74. The molecule has 0 bridgehead atoms. The summed E-state index contributed by atoms with van der Waals surface area (Å²) in [4.78, 5) is 2.16. The van der Waals surface area contributed by atoms with Crippen LogP contribution in [0.25, 0.3) is 0 Å². The quantitative estimate of drug-likeness (QED) is 0.832. The Hall–Kier alpha value is -1.06. The van der Waals surface area contributed by atoms with Crippen LogP contribution in [-0.2, 0) is 6.54 Å². The van der Waals surface area contributed by atoms with Crippen molar-refractivity contribution >= 4 is 0 Å². The van der Waals surface area contributed by atoms with E-state index in [1.165, 1.54) is 5.56 Å². The first-order valence-electron chi connectivity index (χ1n) is 5.85. The summed E-state index contributed by atoms with van der Waals surface area (Å²) in [7, 11) is 4.16. The highest BCUT2D eigenvalue weighted by molar-refractivity contribution is 5.28. The fourth-order valence-electron chi connectivity index (χ4n) is 2.00. The minimum Gasteiger partial charge on any atom is -0.489 e. The summed E-state index contributed by atoms with van der Waals surface area (Å²) in [6, 6.07) is 8.38. The topological polar surface area (TPSA) is 24.5 Å². The van der Waals surface area contributed by atoms with Crippen molar-refractivity contribution in [2.45, 2.75) is 19.1 Å². The Morgan fingerprint density at radius 1 is 1.44 bits per heavy atom. The Morgan fingerprint density at radius 3 is 3.00 bits per heavy atom. The highest BCUT2D eigenvalue weighted by Gasteiger charge is 2.15. The lowest BCUT2D eigenvalue weighted by molar-refractivity contribution is 0.222. The zero-order valence-electron chi connectivity index (χ0n) is 10.1. The molecule has 1 aliphatic heterocycles. The summed E-state index contributed by atoms with van der Waals surface area (Å²) in [6.45, 7) is 3.00. The average Bonchev–Trinajstić information content (AvgIpc) is 2.70. The molecule has 1 aromatic rings. The number of rotatable bonds is 4. The van der Waals surface area contributed by atoms with Crippen molar-refractivity contribution < 1.29 is 4.74 Å². The molecule has 1 atom stereocenters. The maximum atomic E-state index is 5.92. The smallest absolute Gasteiger partial charge is 0.120 e. The third-order valence-corrected chi connectivity index (χ3v) is 2.72. The molecule has 16 heavy (non-hydrogen) atoms. The first kappa shape index (κ1) is 11.4. The van der Waals surface area contributed by atoms with Crippen LogP contribution in [0.3, 0.4) is 0 Å². The second-order valence-corrected chi connectivity index (χ2v) is 4.62. The molecular weight excluding hydrogens is 200 g/mol. The molecule has 0 aliphatic carbocycles. The molecule has 1 N–H and O–H groups in total. The van der Waals surface area contributed by atoms with Gasteiger partial charge in [0.2, 0.25) is 0 Å². The molecule has 3 heteroatoms. The number of nitrogens with one attached hydrogen (secondary N) is 1. The van der Waals surface area contributed by atoms with Crippen LogP contribution in [0.4, 0.5) is 0 Å². The molecule has 1 heterocycles. The fourth-order valence-corrected chi connectivity index (χ4v) is 2.00. The van der Waals surface area contributed by atoms with Crippen molar-refractivity contribution in [3.8, 4) is 5.75 Å². The Morgan fingerprint density at radius 2 is 2.31 bits per heavy atom. The summed E-state index contributed by atoms with van der Waals surface area (Å²) < 4.78 is 5.92. The zero-order chi connectivity index (χ0) is 11.4. The van der Waals surface area contributed by atoms with Crippen LogP contribution >= 0.6 is 0 Å². The molecule has 1 unspecified atom stereocenters. The molecule has 1 fully saturated rings. The molecule has 1 aliphatic rings. The molecule has 0 aromatic heterocycles. The SMILES string of the molecule is CN(C)Cc1cccc(OC2CCNC2)c1. The van der Waals surface area contributed by atoms with Crippen LogP contribution in [0.5, 0.6) is 5.75 Å². The van der Waals surface area contributed by atoms with Gasteiger partial charge in [-0.05, 0) is 44.8 Å². The van der Waals surface area contributed by atoms with Crippen molar-refractivity contribution in [2.75, 3.05) is 27.2 Å². The Labute approximate surface area is 97.4 Å². The van der Waals surface area contributed by atoms with Crippen molar-refractivity contribution in [3.05, 3.63) is 29.8 Å². The second-order valence-electron chi connectivity index (χ2n) is 4.62. The number of benzene rings is 1. The zero-order valence-corrected chi connectivity index (χ0v) is 10.1. The van der Waals surface area contributed by atoms with Gasteiger partial charge in [-0.2, -0.15) is 0 Å². The number of hydrogen-bond acceptors (Lipinski definition) is 3. The highest BCUT2D eigenvalue weighted by atomic mass is 16.5. The monoisotopic (exact) mass is 220 g/mol. The molecule has 0 spiro atoms. The van der Waals surface area contributed by atoms with Crippen LogP contribution in [0.15, 0.2) is 24.3 Å². The Balaban J connectivity index is 1.97. The number of nitrogens with zero attached hydrogens (tertiary/aromatic N) is 1. The van der Waals surface area contributed by atoms with Gasteiger partial charge < -0.3 is 15.0 Å². The Bertz CT molecular complexity index is 332. The van der Waals surface area contributed by atoms with Crippen LogP contribution in [-0.4, -0.2) is 38.2 Å². The van der Waals surface area contributed by atoms with Crippen LogP contribution in [0, 0.1) is 0 Å². The van der Waals surface area contributed by atoms with Gasteiger partial charge in [-0.15, -0.1) is 0 Å². The van der Waals surface area contributed by atoms with Crippen LogP contribution in [0.2, 0.25) is 0 Å². The molecular formula is C13H20N2O. The van der Waals surface area contributed by atoms with Gasteiger partial charge in [0.25, 0.3) is 0 Å². The van der Waals surface area contributed by atoms with Gasteiger partial charge in [0.1, 0.15) is 11.9 Å². The van der Waals surface area contributed by atoms with E-state index < -0.39 is 0 Å². The predicted octanol–water partition coefficient (Wildman–Crippen LogP) is 1.49. The largest absolute Gasteiger partial charge is 0.489 e. The first-order valence-corrected chi connectivity index (χ1v) is 5.85. The van der Waals surface area contributed by atoms with E-state index in [1.807, 2.05) is 6.07 Å². The molecule has 88 valence electrons. The lowest BCUT2D eigenvalue weighted by Crippen LogP contribution is -2.19. The molecule has 1 aromatic carbocycles. The van der Waals surface area contributed by atoms with E-state index in [1.54, 1.807) is 0 Å². The van der Waals surface area contributed by atoms with E-state index >= 15 is 0 Å². The van der Waals surface area contributed by atoms with Crippen LogP contribution in [0.1, 0.15) is 12.0 Å². The van der Waals surface area contributed by atoms with Gasteiger partial charge in [0.05, 0.1) is 0 Å². The standard InChI is InChI=1S/C13H20N2O/c1-15(2)10-11-4-3-5-12(8-11)16-13-6-7-14-9-13/h3-5,8,13-14H,6-7,9-10H2,1-2H3. The third-order valence-electron chi connectivity index (χ3n) is 2.72. The summed E-state index contributed by atoms with van der Waals surface area (Å²) in [5, 5.41) is 3.31. The third kappa shape index (κ3) is 3.22. The Kier molecular flexibility index (Phi) is 3.80. The van der Waals surface area contributed by atoms with E-state index in [0.717, 1.165) is 31.8 Å². The van der Waals surface area contributed by atoms with E-state index in [9.17, 15) is 0 Å². The van der Waals surface area contributed by atoms with Gasteiger partial charge in [0.15, 0.2) is 0 Å². The summed E-state index contributed by atoms with van der Waals surface area (Å²) >= 11 is 0. The van der Waals surface area contributed by atoms with Gasteiger partial charge in [0, 0.05) is 13.1 Å². The molecule has 2 rings (SSSR count). The predicted molar refractivity (Wildman–Crippen MR) is 65.7 cm³/mol. The molecule has 1 saturated heterocycles. The van der Waals surface area contributed by atoms with Gasteiger partial charge in [-0.3, -0.25) is 0 Å². The number of hydrogen-bond donors (Lipinski definition) is 1. The maximum Gasteiger partial charge on any atom is 0.120 e. The maximum absolute atomic E-state index is 5.92. The fraction of sp³-hybridized carbons (Fsp3) is 0.538. The van der Waals surface area contributed by atoms with E-state index in [4.69, 9.17) is 4.74 Å². The molecule has 0 amide bonds. The van der Waals surface area contributed by atoms with Crippen molar-refractivity contribution in [3.63, 3.8) is 0 Å². The number of ether oxygens (including phenoxy) is 1. The van der Waals surface area contributed by atoms with E-state index in [2.05, 4.69) is 42.5 Å². The van der Waals surface area contributed by atoms with E-state index in [-0.39, 0.29) is 0 Å². The lowest BCUT2D eigenvalue weighted by Gasteiger charge is -2.14.